The van der Waals surface area contributed by atoms with Crippen LogP contribution in [0.25, 0.3) is 0 Å². The molecule has 2 aromatic rings. The number of carbonyl (C=O) groups is 1. The standard InChI is InChI=1S/C17H23N3O2/c1-19(2)11-15-6-4-5-7-16(15)12-20(3)17(21)18-10-14-8-9-22-13-14/h4-9,13H,10-12H2,1-3H3,(H,18,21). The van der Waals surface area contributed by atoms with Crippen molar-refractivity contribution in [3.63, 3.8) is 0 Å². The summed E-state index contributed by atoms with van der Waals surface area (Å²) in [4.78, 5) is 16.0. The molecular weight excluding hydrogens is 278 g/mol. The van der Waals surface area contributed by atoms with E-state index in [-0.39, 0.29) is 6.03 Å². The van der Waals surface area contributed by atoms with Crippen LogP contribution in [-0.4, -0.2) is 37.0 Å². The zero-order valence-corrected chi connectivity index (χ0v) is 13.4. The van der Waals surface area contributed by atoms with E-state index in [1.165, 1.54) is 5.56 Å². The fourth-order valence-electron chi connectivity index (χ4n) is 2.24. The molecule has 0 fully saturated rings. The van der Waals surface area contributed by atoms with E-state index in [1.54, 1.807) is 24.5 Å². The zero-order chi connectivity index (χ0) is 15.9. The molecule has 5 heteroatoms. The van der Waals surface area contributed by atoms with Crippen LogP contribution in [0.4, 0.5) is 4.79 Å². The van der Waals surface area contributed by atoms with Crippen LogP contribution in [0.2, 0.25) is 0 Å². The normalized spacial score (nSPS) is 10.7. The summed E-state index contributed by atoms with van der Waals surface area (Å²) in [5, 5.41) is 2.88. The minimum Gasteiger partial charge on any atom is -0.472 e. The van der Waals surface area contributed by atoms with Crippen LogP contribution in [0.5, 0.6) is 0 Å². The van der Waals surface area contributed by atoms with Gasteiger partial charge in [0, 0.05) is 32.2 Å². The van der Waals surface area contributed by atoms with Crippen LogP contribution in [0, 0.1) is 0 Å². The lowest BCUT2D eigenvalue weighted by atomic mass is 10.1. The SMILES string of the molecule is CN(C)Cc1ccccc1CN(C)C(=O)NCc1ccoc1. The van der Waals surface area contributed by atoms with Crippen LogP contribution in [0.15, 0.2) is 47.3 Å². The van der Waals surface area contributed by atoms with E-state index in [4.69, 9.17) is 4.42 Å². The maximum atomic E-state index is 12.1. The van der Waals surface area contributed by atoms with Gasteiger partial charge in [-0.3, -0.25) is 0 Å². The summed E-state index contributed by atoms with van der Waals surface area (Å²) in [6, 6.07) is 9.95. The van der Waals surface area contributed by atoms with E-state index >= 15 is 0 Å². The van der Waals surface area contributed by atoms with E-state index in [9.17, 15) is 4.79 Å². The van der Waals surface area contributed by atoms with Gasteiger partial charge in [-0.05, 0) is 31.3 Å². The number of urea groups is 1. The molecule has 0 aliphatic carbocycles. The number of hydrogen-bond acceptors (Lipinski definition) is 3. The van der Waals surface area contributed by atoms with Crippen molar-refractivity contribution >= 4 is 6.03 Å². The summed E-state index contributed by atoms with van der Waals surface area (Å²) in [6.45, 7) is 1.92. The average Bonchev–Trinajstić information content (AvgIpc) is 2.99. The van der Waals surface area contributed by atoms with Gasteiger partial charge in [-0.2, -0.15) is 0 Å². The number of furan rings is 1. The van der Waals surface area contributed by atoms with Gasteiger partial charge in [0.2, 0.25) is 0 Å². The third kappa shape index (κ3) is 4.63. The second kappa shape index (κ2) is 7.66. The third-order valence-electron chi connectivity index (χ3n) is 3.38. The van der Waals surface area contributed by atoms with Gasteiger partial charge < -0.3 is 19.5 Å². The Morgan fingerprint density at radius 1 is 1.09 bits per heavy atom. The Balaban J connectivity index is 1.93. The molecule has 0 aliphatic rings. The van der Waals surface area contributed by atoms with Gasteiger partial charge in [-0.25, -0.2) is 4.79 Å². The molecule has 0 bridgehead atoms. The summed E-state index contributed by atoms with van der Waals surface area (Å²) in [7, 11) is 5.88. The van der Waals surface area contributed by atoms with Crippen molar-refractivity contribution in [1.82, 2.24) is 15.1 Å². The average molecular weight is 301 g/mol. The topological polar surface area (TPSA) is 48.7 Å². The first-order chi connectivity index (χ1) is 10.6. The minimum atomic E-state index is -0.0964. The van der Waals surface area contributed by atoms with Crippen molar-refractivity contribution in [2.75, 3.05) is 21.1 Å². The van der Waals surface area contributed by atoms with Gasteiger partial charge in [0.25, 0.3) is 0 Å². The number of hydrogen-bond donors (Lipinski definition) is 1. The molecule has 0 saturated carbocycles. The number of nitrogens with zero attached hydrogens (tertiary/aromatic N) is 2. The Labute approximate surface area is 131 Å². The van der Waals surface area contributed by atoms with Crippen molar-refractivity contribution in [3.05, 3.63) is 59.5 Å². The van der Waals surface area contributed by atoms with E-state index in [0.717, 1.165) is 17.7 Å². The zero-order valence-electron chi connectivity index (χ0n) is 13.4. The first-order valence-electron chi connectivity index (χ1n) is 7.28. The monoisotopic (exact) mass is 301 g/mol. The number of benzene rings is 1. The molecule has 22 heavy (non-hydrogen) atoms. The van der Waals surface area contributed by atoms with E-state index in [1.807, 2.05) is 32.3 Å². The van der Waals surface area contributed by atoms with Crippen LogP contribution in [0.3, 0.4) is 0 Å². The van der Waals surface area contributed by atoms with Crippen molar-refractivity contribution < 1.29 is 9.21 Å². The molecule has 5 nitrogen and oxygen atoms in total. The molecule has 0 spiro atoms. The summed E-state index contributed by atoms with van der Waals surface area (Å²) < 4.78 is 4.99. The van der Waals surface area contributed by atoms with Crippen LogP contribution >= 0.6 is 0 Å². The van der Waals surface area contributed by atoms with Crippen molar-refractivity contribution in [2.24, 2.45) is 0 Å². The highest BCUT2D eigenvalue weighted by atomic mass is 16.3. The van der Waals surface area contributed by atoms with Crippen LogP contribution in [-0.2, 0) is 19.6 Å². The lowest BCUT2D eigenvalue weighted by Gasteiger charge is -2.21. The molecule has 0 unspecified atom stereocenters. The lowest BCUT2D eigenvalue weighted by molar-refractivity contribution is 0.206. The molecule has 118 valence electrons. The molecule has 1 heterocycles. The molecule has 1 aromatic carbocycles. The Morgan fingerprint density at radius 3 is 2.36 bits per heavy atom. The minimum absolute atomic E-state index is 0.0964. The van der Waals surface area contributed by atoms with Gasteiger partial charge in [0.1, 0.15) is 0 Å². The fraction of sp³-hybridized carbons (Fsp3) is 0.353. The highest BCUT2D eigenvalue weighted by Crippen LogP contribution is 2.13. The van der Waals surface area contributed by atoms with Crippen molar-refractivity contribution in [2.45, 2.75) is 19.6 Å². The van der Waals surface area contributed by atoms with Gasteiger partial charge in [0.15, 0.2) is 0 Å². The Bertz CT molecular complexity index is 594. The van der Waals surface area contributed by atoms with Crippen molar-refractivity contribution in [1.29, 1.82) is 0 Å². The fourth-order valence-corrected chi connectivity index (χ4v) is 2.24. The van der Waals surface area contributed by atoms with Gasteiger partial charge in [0.05, 0.1) is 12.5 Å². The number of nitrogens with one attached hydrogen (secondary N) is 1. The molecule has 2 amide bonds. The summed E-state index contributed by atoms with van der Waals surface area (Å²) in [5.74, 6) is 0. The maximum absolute atomic E-state index is 12.1. The largest absolute Gasteiger partial charge is 0.472 e. The molecule has 0 aliphatic heterocycles. The van der Waals surface area contributed by atoms with Gasteiger partial charge in [-0.1, -0.05) is 24.3 Å². The number of amides is 2. The molecule has 0 radical (unpaired) electrons. The molecule has 1 N–H and O–H groups in total. The lowest BCUT2D eigenvalue weighted by Crippen LogP contribution is -2.36. The van der Waals surface area contributed by atoms with E-state index < -0.39 is 0 Å². The highest BCUT2D eigenvalue weighted by molar-refractivity contribution is 5.73. The smallest absolute Gasteiger partial charge is 0.317 e. The molecule has 0 atom stereocenters. The second-order valence-corrected chi connectivity index (χ2v) is 5.65. The van der Waals surface area contributed by atoms with Gasteiger partial charge in [-0.15, -0.1) is 0 Å². The van der Waals surface area contributed by atoms with Crippen molar-refractivity contribution in [3.8, 4) is 0 Å². The molecule has 0 saturated heterocycles. The third-order valence-corrected chi connectivity index (χ3v) is 3.38. The predicted molar refractivity (Wildman–Crippen MR) is 86.2 cm³/mol. The van der Waals surface area contributed by atoms with Gasteiger partial charge >= 0.3 is 6.03 Å². The maximum Gasteiger partial charge on any atom is 0.317 e. The Morgan fingerprint density at radius 2 is 1.77 bits per heavy atom. The Kier molecular flexibility index (Phi) is 5.61. The molecule has 2 rings (SSSR count). The van der Waals surface area contributed by atoms with Crippen LogP contribution in [0.1, 0.15) is 16.7 Å². The number of rotatable bonds is 6. The quantitative estimate of drug-likeness (QED) is 0.892. The first kappa shape index (κ1) is 16.1. The summed E-state index contributed by atoms with van der Waals surface area (Å²) in [6.07, 6.45) is 3.23. The summed E-state index contributed by atoms with van der Waals surface area (Å²) in [5.41, 5.74) is 3.36. The van der Waals surface area contributed by atoms with E-state index in [0.29, 0.717) is 13.1 Å². The molecule has 1 aromatic heterocycles. The second-order valence-electron chi connectivity index (χ2n) is 5.65. The van der Waals surface area contributed by atoms with E-state index in [2.05, 4.69) is 22.3 Å². The van der Waals surface area contributed by atoms with Crippen LogP contribution < -0.4 is 5.32 Å². The highest BCUT2D eigenvalue weighted by Gasteiger charge is 2.11. The number of carbonyl (C=O) groups excluding carboxylic acids is 1. The molecular formula is C17H23N3O2. The Hall–Kier alpha value is -2.27. The predicted octanol–water partition coefficient (Wildman–Crippen LogP) is 2.68. The first-order valence-corrected chi connectivity index (χ1v) is 7.28. The summed E-state index contributed by atoms with van der Waals surface area (Å²) >= 11 is 0.